The van der Waals surface area contributed by atoms with E-state index < -0.39 is 0 Å². The predicted molar refractivity (Wildman–Crippen MR) is 64.3 cm³/mol. The minimum Gasteiger partial charge on any atom is -0.378 e. The summed E-state index contributed by atoms with van der Waals surface area (Å²) in [6.07, 6.45) is 1.88. The molecule has 0 radical (unpaired) electrons. The molecule has 1 aromatic carbocycles. The lowest BCUT2D eigenvalue weighted by Crippen LogP contribution is -2.07. The molecule has 0 aliphatic heterocycles. The molecule has 0 saturated heterocycles. The van der Waals surface area contributed by atoms with Crippen molar-refractivity contribution in [2.45, 2.75) is 6.92 Å². The van der Waals surface area contributed by atoms with E-state index in [9.17, 15) is 0 Å². The molecular weight excluding hydrogens is 194 g/mol. The molecule has 2 N–H and O–H groups in total. The fourth-order valence-electron chi connectivity index (χ4n) is 0.919. The van der Waals surface area contributed by atoms with Crippen LogP contribution in [-0.2, 0) is 0 Å². The monoisotopic (exact) mass is 207 g/mol. The van der Waals surface area contributed by atoms with E-state index in [1.807, 2.05) is 43.5 Å². The van der Waals surface area contributed by atoms with Crippen LogP contribution in [0.4, 0.5) is 5.69 Å². The average Bonchev–Trinajstić information content (AvgIpc) is 2.19. The summed E-state index contributed by atoms with van der Waals surface area (Å²) in [5.74, 6) is 0.669. The third-order valence-electron chi connectivity index (χ3n) is 1.53. The minimum absolute atomic E-state index is 0.530. The van der Waals surface area contributed by atoms with Gasteiger partial charge in [0.2, 0.25) is 0 Å². The van der Waals surface area contributed by atoms with Gasteiger partial charge in [-0.1, -0.05) is 30.0 Å². The van der Waals surface area contributed by atoms with Gasteiger partial charge in [-0.15, -0.1) is 0 Å². The molecule has 0 fully saturated rings. The summed E-state index contributed by atoms with van der Waals surface area (Å²) in [4.78, 5) is 8.38. The van der Waals surface area contributed by atoms with Gasteiger partial charge in [0.05, 0.1) is 5.69 Å². The molecule has 0 spiro atoms. The van der Waals surface area contributed by atoms with Crippen LogP contribution >= 0.6 is 11.8 Å². The van der Waals surface area contributed by atoms with Gasteiger partial charge in [0, 0.05) is 0 Å². The second kappa shape index (κ2) is 5.44. The first-order chi connectivity index (χ1) is 6.72. The Morgan fingerprint density at radius 1 is 1.29 bits per heavy atom. The SMILES string of the molecule is CSC(N)=NC(C)=Nc1ccccc1. The Kier molecular flexibility index (Phi) is 4.19. The second-order valence-electron chi connectivity index (χ2n) is 2.65. The highest BCUT2D eigenvalue weighted by atomic mass is 32.2. The number of hydrogen-bond acceptors (Lipinski definition) is 2. The van der Waals surface area contributed by atoms with Gasteiger partial charge < -0.3 is 5.73 Å². The Balaban J connectivity index is 2.79. The number of nitrogens with two attached hydrogens (primary N) is 1. The Bertz CT molecular complexity index is 344. The molecule has 14 heavy (non-hydrogen) atoms. The fourth-order valence-corrected chi connectivity index (χ4v) is 1.14. The third kappa shape index (κ3) is 3.62. The third-order valence-corrected chi connectivity index (χ3v) is 2.04. The van der Waals surface area contributed by atoms with Gasteiger partial charge in [-0.2, -0.15) is 0 Å². The zero-order valence-electron chi connectivity index (χ0n) is 8.27. The largest absolute Gasteiger partial charge is 0.378 e. The van der Waals surface area contributed by atoms with E-state index in [2.05, 4.69) is 9.98 Å². The minimum atomic E-state index is 0.530. The summed E-state index contributed by atoms with van der Waals surface area (Å²) in [7, 11) is 0. The van der Waals surface area contributed by atoms with Crippen LogP contribution in [0.3, 0.4) is 0 Å². The van der Waals surface area contributed by atoms with E-state index in [1.54, 1.807) is 0 Å². The number of benzene rings is 1. The quantitative estimate of drug-likeness (QED) is 0.568. The number of amidine groups is 2. The molecule has 0 aliphatic rings. The molecule has 3 nitrogen and oxygen atoms in total. The summed E-state index contributed by atoms with van der Waals surface area (Å²) in [6.45, 7) is 1.83. The van der Waals surface area contributed by atoms with Crippen molar-refractivity contribution >= 4 is 28.5 Å². The summed E-state index contributed by atoms with van der Waals surface area (Å²) in [6, 6.07) is 9.68. The lowest BCUT2D eigenvalue weighted by Gasteiger charge is -1.96. The molecule has 0 heterocycles. The van der Waals surface area contributed by atoms with Crippen molar-refractivity contribution in [2.75, 3.05) is 6.26 Å². The fraction of sp³-hybridized carbons (Fsp3) is 0.200. The lowest BCUT2D eigenvalue weighted by molar-refractivity contribution is 1.44. The van der Waals surface area contributed by atoms with E-state index in [1.165, 1.54) is 11.8 Å². The van der Waals surface area contributed by atoms with Crippen molar-refractivity contribution in [3.05, 3.63) is 30.3 Å². The lowest BCUT2D eigenvalue weighted by atomic mass is 10.3. The molecule has 0 saturated carbocycles. The number of para-hydroxylation sites is 1. The molecule has 0 atom stereocenters. The van der Waals surface area contributed by atoms with E-state index in [-0.39, 0.29) is 0 Å². The van der Waals surface area contributed by atoms with Gasteiger partial charge in [-0.3, -0.25) is 0 Å². The van der Waals surface area contributed by atoms with E-state index >= 15 is 0 Å². The number of hydrogen-bond donors (Lipinski definition) is 1. The first-order valence-corrected chi connectivity index (χ1v) is 5.43. The number of rotatable bonds is 1. The molecular formula is C10H13N3S. The topological polar surface area (TPSA) is 50.7 Å². The highest BCUT2D eigenvalue weighted by molar-refractivity contribution is 8.13. The number of nitrogens with zero attached hydrogens (tertiary/aromatic N) is 2. The van der Waals surface area contributed by atoms with Gasteiger partial charge in [0.15, 0.2) is 5.17 Å². The molecule has 0 bridgehead atoms. The molecule has 1 rings (SSSR count). The zero-order valence-corrected chi connectivity index (χ0v) is 9.08. The van der Waals surface area contributed by atoms with E-state index in [4.69, 9.17) is 5.73 Å². The van der Waals surface area contributed by atoms with Crippen molar-refractivity contribution in [3.8, 4) is 0 Å². The molecule has 0 amide bonds. The van der Waals surface area contributed by atoms with Crippen molar-refractivity contribution in [2.24, 2.45) is 15.7 Å². The summed E-state index contributed by atoms with van der Waals surface area (Å²) >= 11 is 1.41. The zero-order chi connectivity index (χ0) is 10.4. The maximum atomic E-state index is 5.56. The maximum Gasteiger partial charge on any atom is 0.160 e. The van der Waals surface area contributed by atoms with Crippen LogP contribution in [0.2, 0.25) is 0 Å². The Hall–Kier alpha value is -1.29. The molecule has 4 heteroatoms. The van der Waals surface area contributed by atoms with Crippen LogP contribution in [0.5, 0.6) is 0 Å². The molecule has 74 valence electrons. The summed E-state index contributed by atoms with van der Waals surface area (Å²) in [5, 5.41) is 0.530. The summed E-state index contributed by atoms with van der Waals surface area (Å²) in [5.41, 5.74) is 6.45. The normalized spacial score (nSPS) is 13.0. The van der Waals surface area contributed by atoms with Crippen LogP contribution in [0.15, 0.2) is 40.3 Å². The molecule has 0 unspecified atom stereocenters. The van der Waals surface area contributed by atoms with Gasteiger partial charge >= 0.3 is 0 Å². The number of thioether (sulfide) groups is 1. The maximum absolute atomic E-state index is 5.56. The van der Waals surface area contributed by atoms with Crippen LogP contribution in [0.1, 0.15) is 6.92 Å². The predicted octanol–water partition coefficient (Wildman–Crippen LogP) is 2.41. The Morgan fingerprint density at radius 2 is 1.93 bits per heavy atom. The van der Waals surface area contributed by atoms with Gasteiger partial charge in [-0.05, 0) is 25.3 Å². The summed E-state index contributed by atoms with van der Waals surface area (Å²) < 4.78 is 0. The van der Waals surface area contributed by atoms with Crippen molar-refractivity contribution < 1.29 is 0 Å². The van der Waals surface area contributed by atoms with Crippen molar-refractivity contribution in [1.82, 2.24) is 0 Å². The molecule has 0 aliphatic carbocycles. The highest BCUT2D eigenvalue weighted by Crippen LogP contribution is 2.10. The van der Waals surface area contributed by atoms with Crippen LogP contribution in [0.25, 0.3) is 0 Å². The smallest absolute Gasteiger partial charge is 0.160 e. The molecule has 1 aromatic rings. The van der Waals surface area contributed by atoms with Crippen LogP contribution < -0.4 is 5.73 Å². The first kappa shape index (κ1) is 10.8. The second-order valence-corrected chi connectivity index (χ2v) is 3.48. The number of aliphatic imine (C=N–C) groups is 2. The van der Waals surface area contributed by atoms with Crippen molar-refractivity contribution in [3.63, 3.8) is 0 Å². The first-order valence-electron chi connectivity index (χ1n) is 4.21. The van der Waals surface area contributed by atoms with Gasteiger partial charge in [0.1, 0.15) is 5.84 Å². The van der Waals surface area contributed by atoms with Crippen LogP contribution in [0, 0.1) is 0 Å². The highest BCUT2D eigenvalue weighted by Gasteiger charge is 1.91. The molecule has 0 aromatic heterocycles. The Morgan fingerprint density at radius 3 is 2.50 bits per heavy atom. The van der Waals surface area contributed by atoms with Gasteiger partial charge in [0.25, 0.3) is 0 Å². The average molecular weight is 207 g/mol. The van der Waals surface area contributed by atoms with Crippen LogP contribution in [-0.4, -0.2) is 17.3 Å². The van der Waals surface area contributed by atoms with Crippen molar-refractivity contribution in [1.29, 1.82) is 0 Å². The van der Waals surface area contributed by atoms with E-state index in [0.29, 0.717) is 11.0 Å². The van der Waals surface area contributed by atoms with Gasteiger partial charge in [-0.25, -0.2) is 9.98 Å². The standard InChI is InChI=1S/C10H13N3S/c1-8(13-10(11)14-2)12-9-6-4-3-5-7-9/h3-7H,1-2H3,(H2,11,12,13). The Labute approximate surface area is 88.1 Å². The van der Waals surface area contributed by atoms with E-state index in [0.717, 1.165) is 5.69 Å².